The Bertz CT molecular complexity index is 302. The summed E-state index contributed by atoms with van der Waals surface area (Å²) in [5.74, 6) is 0.787. The lowest BCUT2D eigenvalue weighted by atomic mass is 10.2. The molecule has 3 heteroatoms. The Morgan fingerprint density at radius 1 is 1.27 bits per heavy atom. The minimum atomic E-state index is 0.694. The monoisotopic (exact) mass is 271 g/mol. The van der Waals surface area contributed by atoms with Gasteiger partial charge in [-0.25, -0.2) is 0 Å². The lowest BCUT2D eigenvalue weighted by Gasteiger charge is -2.08. The molecule has 0 radical (unpaired) electrons. The molecule has 2 N–H and O–H groups in total. The van der Waals surface area contributed by atoms with Crippen molar-refractivity contribution in [2.24, 2.45) is 0 Å². The predicted octanol–water partition coefficient (Wildman–Crippen LogP) is 3.99. The third-order valence-corrected chi connectivity index (χ3v) is 2.72. The Labute approximate surface area is 99.9 Å². The average Bonchev–Trinajstić information content (AvgIpc) is 2.20. The maximum absolute atomic E-state index is 5.81. The SMILES string of the molecule is CCCCCCOc1ccc(Br)cc1N. The molecule has 1 rings (SSSR count). The molecule has 1 aromatic carbocycles. The van der Waals surface area contributed by atoms with Crippen LogP contribution in [0.3, 0.4) is 0 Å². The molecule has 0 bridgehead atoms. The molecule has 0 unspecified atom stereocenters. The second-order valence-electron chi connectivity index (χ2n) is 3.59. The summed E-state index contributed by atoms with van der Waals surface area (Å²) in [7, 11) is 0. The van der Waals surface area contributed by atoms with Crippen LogP contribution < -0.4 is 10.5 Å². The molecule has 0 saturated heterocycles. The van der Waals surface area contributed by atoms with Gasteiger partial charge in [0.2, 0.25) is 0 Å². The van der Waals surface area contributed by atoms with Gasteiger partial charge < -0.3 is 10.5 Å². The molecule has 0 heterocycles. The van der Waals surface area contributed by atoms with E-state index in [1.54, 1.807) is 0 Å². The summed E-state index contributed by atoms with van der Waals surface area (Å²) in [6.45, 7) is 2.96. The van der Waals surface area contributed by atoms with Gasteiger partial charge in [-0.3, -0.25) is 0 Å². The van der Waals surface area contributed by atoms with Crippen molar-refractivity contribution in [2.75, 3.05) is 12.3 Å². The third kappa shape index (κ3) is 4.56. The van der Waals surface area contributed by atoms with Crippen molar-refractivity contribution in [3.05, 3.63) is 22.7 Å². The Kier molecular flexibility index (Phi) is 5.54. The molecule has 0 aromatic heterocycles. The predicted molar refractivity (Wildman–Crippen MR) is 68.2 cm³/mol. The normalized spacial score (nSPS) is 10.3. The van der Waals surface area contributed by atoms with E-state index in [9.17, 15) is 0 Å². The fraction of sp³-hybridized carbons (Fsp3) is 0.500. The molecule has 0 aliphatic heterocycles. The second kappa shape index (κ2) is 6.72. The summed E-state index contributed by atoms with van der Waals surface area (Å²) in [5, 5.41) is 0. The highest BCUT2D eigenvalue weighted by Gasteiger charge is 2.00. The zero-order chi connectivity index (χ0) is 11.1. The molecule has 1 aromatic rings. The van der Waals surface area contributed by atoms with Gasteiger partial charge in [0, 0.05) is 4.47 Å². The molecule has 0 saturated carbocycles. The van der Waals surface area contributed by atoms with Crippen LogP contribution in [0.1, 0.15) is 32.6 Å². The van der Waals surface area contributed by atoms with E-state index in [4.69, 9.17) is 10.5 Å². The largest absolute Gasteiger partial charge is 0.491 e. The van der Waals surface area contributed by atoms with E-state index in [1.807, 2.05) is 18.2 Å². The van der Waals surface area contributed by atoms with E-state index in [0.717, 1.165) is 23.2 Å². The van der Waals surface area contributed by atoms with Crippen molar-refractivity contribution in [3.8, 4) is 5.75 Å². The fourth-order valence-electron chi connectivity index (χ4n) is 1.36. The van der Waals surface area contributed by atoms with Crippen molar-refractivity contribution in [1.82, 2.24) is 0 Å². The first-order valence-electron chi connectivity index (χ1n) is 5.42. The van der Waals surface area contributed by atoms with Gasteiger partial charge in [0.25, 0.3) is 0 Å². The van der Waals surface area contributed by atoms with Crippen molar-refractivity contribution >= 4 is 21.6 Å². The number of benzene rings is 1. The van der Waals surface area contributed by atoms with Gasteiger partial charge in [-0.05, 0) is 24.6 Å². The van der Waals surface area contributed by atoms with Crippen molar-refractivity contribution in [3.63, 3.8) is 0 Å². The van der Waals surface area contributed by atoms with Gasteiger partial charge in [0.05, 0.1) is 12.3 Å². The van der Waals surface area contributed by atoms with Gasteiger partial charge in [-0.2, -0.15) is 0 Å². The molecule has 0 atom stereocenters. The molecular weight excluding hydrogens is 254 g/mol. The van der Waals surface area contributed by atoms with Crippen LogP contribution in [0.25, 0.3) is 0 Å². The molecule has 0 aliphatic carbocycles. The highest BCUT2D eigenvalue weighted by Crippen LogP contribution is 2.25. The minimum Gasteiger partial charge on any atom is -0.491 e. The molecule has 0 spiro atoms. The smallest absolute Gasteiger partial charge is 0.142 e. The molecule has 0 fully saturated rings. The number of nitrogens with two attached hydrogens (primary N) is 1. The molecule has 0 aliphatic rings. The first-order valence-corrected chi connectivity index (χ1v) is 6.21. The number of hydrogen-bond acceptors (Lipinski definition) is 2. The van der Waals surface area contributed by atoms with Crippen molar-refractivity contribution < 1.29 is 4.74 Å². The van der Waals surface area contributed by atoms with Crippen LogP contribution in [0.15, 0.2) is 22.7 Å². The molecule has 15 heavy (non-hydrogen) atoms. The number of rotatable bonds is 6. The van der Waals surface area contributed by atoms with E-state index in [0.29, 0.717) is 5.69 Å². The topological polar surface area (TPSA) is 35.2 Å². The number of nitrogen functional groups attached to an aromatic ring is 1. The minimum absolute atomic E-state index is 0.694. The quantitative estimate of drug-likeness (QED) is 0.627. The van der Waals surface area contributed by atoms with Crippen molar-refractivity contribution in [1.29, 1.82) is 0 Å². The van der Waals surface area contributed by atoms with Crippen LogP contribution in [0.5, 0.6) is 5.75 Å². The van der Waals surface area contributed by atoms with Crippen LogP contribution in [-0.4, -0.2) is 6.61 Å². The van der Waals surface area contributed by atoms with E-state index >= 15 is 0 Å². The molecule has 2 nitrogen and oxygen atoms in total. The summed E-state index contributed by atoms with van der Waals surface area (Å²) in [6.07, 6.45) is 4.86. The van der Waals surface area contributed by atoms with Crippen LogP contribution in [-0.2, 0) is 0 Å². The van der Waals surface area contributed by atoms with Gasteiger partial charge in [-0.1, -0.05) is 42.1 Å². The van der Waals surface area contributed by atoms with Gasteiger partial charge in [0.15, 0.2) is 0 Å². The van der Waals surface area contributed by atoms with Gasteiger partial charge in [0.1, 0.15) is 5.75 Å². The maximum Gasteiger partial charge on any atom is 0.142 e. The number of ether oxygens (including phenoxy) is 1. The standard InChI is InChI=1S/C12H18BrNO/c1-2-3-4-5-8-15-12-7-6-10(13)9-11(12)14/h6-7,9H,2-5,8,14H2,1H3. The van der Waals surface area contributed by atoms with Crippen LogP contribution in [0, 0.1) is 0 Å². The average molecular weight is 272 g/mol. The summed E-state index contributed by atoms with van der Waals surface area (Å²) in [6, 6.07) is 5.71. The summed E-state index contributed by atoms with van der Waals surface area (Å²) < 4.78 is 6.58. The number of anilines is 1. The Balaban J connectivity index is 2.31. The van der Waals surface area contributed by atoms with Crippen molar-refractivity contribution in [2.45, 2.75) is 32.6 Å². The molecule has 84 valence electrons. The molecule has 0 amide bonds. The van der Waals surface area contributed by atoms with Gasteiger partial charge in [-0.15, -0.1) is 0 Å². The highest BCUT2D eigenvalue weighted by molar-refractivity contribution is 9.10. The number of halogens is 1. The van der Waals surface area contributed by atoms with Gasteiger partial charge >= 0.3 is 0 Å². The van der Waals surface area contributed by atoms with E-state index in [2.05, 4.69) is 22.9 Å². The van der Waals surface area contributed by atoms with E-state index < -0.39 is 0 Å². The molecular formula is C12H18BrNO. The Hall–Kier alpha value is -0.700. The lowest BCUT2D eigenvalue weighted by molar-refractivity contribution is 0.306. The van der Waals surface area contributed by atoms with Crippen LogP contribution in [0.4, 0.5) is 5.69 Å². The van der Waals surface area contributed by atoms with Crippen LogP contribution >= 0.6 is 15.9 Å². The van der Waals surface area contributed by atoms with E-state index in [-0.39, 0.29) is 0 Å². The fourth-order valence-corrected chi connectivity index (χ4v) is 1.74. The number of unbranched alkanes of at least 4 members (excludes halogenated alkanes) is 3. The Morgan fingerprint density at radius 3 is 2.73 bits per heavy atom. The van der Waals surface area contributed by atoms with Crippen LogP contribution in [0.2, 0.25) is 0 Å². The first-order chi connectivity index (χ1) is 7.24. The highest BCUT2D eigenvalue weighted by atomic mass is 79.9. The zero-order valence-electron chi connectivity index (χ0n) is 9.13. The third-order valence-electron chi connectivity index (χ3n) is 2.23. The first kappa shape index (κ1) is 12.4. The lowest BCUT2D eigenvalue weighted by Crippen LogP contribution is -2.00. The summed E-state index contributed by atoms with van der Waals surface area (Å²) >= 11 is 3.36. The maximum atomic E-state index is 5.81. The summed E-state index contributed by atoms with van der Waals surface area (Å²) in [4.78, 5) is 0. The number of hydrogen-bond donors (Lipinski definition) is 1. The Morgan fingerprint density at radius 2 is 2.07 bits per heavy atom. The second-order valence-corrected chi connectivity index (χ2v) is 4.51. The zero-order valence-corrected chi connectivity index (χ0v) is 10.7. The summed E-state index contributed by atoms with van der Waals surface area (Å²) in [5.41, 5.74) is 6.50. The van der Waals surface area contributed by atoms with E-state index in [1.165, 1.54) is 19.3 Å².